The van der Waals surface area contributed by atoms with E-state index in [9.17, 15) is 4.79 Å². The number of aromatic amines is 2. The molecular weight excluding hydrogens is 246 g/mol. The zero-order valence-corrected chi connectivity index (χ0v) is 10.5. The minimum absolute atomic E-state index is 0.0578. The second-order valence-corrected chi connectivity index (χ2v) is 4.57. The maximum absolute atomic E-state index is 12.2. The van der Waals surface area contributed by atoms with E-state index in [1.807, 2.05) is 6.92 Å². The zero-order chi connectivity index (χ0) is 13.2. The second kappa shape index (κ2) is 4.81. The molecule has 100 valence electrons. The van der Waals surface area contributed by atoms with Crippen LogP contribution in [0.4, 0.5) is 0 Å². The Morgan fingerprint density at radius 3 is 3.21 bits per heavy atom. The van der Waals surface area contributed by atoms with E-state index in [0.29, 0.717) is 18.8 Å². The first-order valence-electron chi connectivity index (χ1n) is 6.14. The largest absolute Gasteiger partial charge is 0.347 e. The number of hydrogen-bond acceptors (Lipinski definition) is 5. The lowest BCUT2D eigenvalue weighted by atomic mass is 10.0. The maximum Gasteiger partial charge on any atom is 0.238 e. The van der Waals surface area contributed by atoms with Crippen LogP contribution in [-0.2, 0) is 17.8 Å². The zero-order valence-electron chi connectivity index (χ0n) is 10.5. The molecule has 4 N–H and O–H groups in total. The van der Waals surface area contributed by atoms with Crippen LogP contribution in [0, 0.1) is 0 Å². The number of carbonyl (C=O) groups is 1. The monoisotopic (exact) mass is 261 g/mol. The van der Waals surface area contributed by atoms with Gasteiger partial charge in [-0.3, -0.25) is 15.2 Å². The van der Waals surface area contributed by atoms with Gasteiger partial charge in [0.1, 0.15) is 12.2 Å². The number of rotatable bonds is 3. The number of nitrogens with zero attached hydrogens (tertiary/aromatic N) is 3. The van der Waals surface area contributed by atoms with Crippen LogP contribution >= 0.6 is 0 Å². The Bertz CT molecular complexity index is 561. The number of imidazole rings is 1. The third kappa shape index (κ3) is 2.34. The third-order valence-electron chi connectivity index (χ3n) is 3.25. The summed E-state index contributed by atoms with van der Waals surface area (Å²) in [7, 11) is 0. The lowest BCUT2D eigenvalue weighted by molar-refractivity contribution is -0.124. The summed E-state index contributed by atoms with van der Waals surface area (Å²) in [6.07, 6.45) is 3.67. The molecule has 0 aromatic carbocycles. The smallest absolute Gasteiger partial charge is 0.238 e. The molecule has 0 radical (unpaired) electrons. The molecule has 0 spiro atoms. The van der Waals surface area contributed by atoms with Crippen LogP contribution in [0.5, 0.6) is 0 Å². The van der Waals surface area contributed by atoms with E-state index in [4.69, 9.17) is 0 Å². The standard InChI is InChI=1S/C11H15N7O/c1-6(10-15-5-16-18-10)17-11(19)8-2-7-9(3-12-8)14-4-13-7/h4-6,8,12H,2-3H2,1H3,(H,13,14)(H,17,19)(H,15,16,18). The molecule has 19 heavy (non-hydrogen) atoms. The second-order valence-electron chi connectivity index (χ2n) is 4.57. The highest BCUT2D eigenvalue weighted by atomic mass is 16.2. The number of aromatic nitrogens is 5. The number of amides is 1. The Kier molecular flexibility index (Phi) is 3.00. The maximum atomic E-state index is 12.2. The lowest BCUT2D eigenvalue weighted by Gasteiger charge is -2.23. The molecule has 8 nitrogen and oxygen atoms in total. The van der Waals surface area contributed by atoms with Gasteiger partial charge in [-0.05, 0) is 6.92 Å². The molecule has 3 heterocycles. The molecule has 1 amide bonds. The number of fused-ring (bicyclic) bond motifs is 1. The van der Waals surface area contributed by atoms with Gasteiger partial charge < -0.3 is 10.3 Å². The Morgan fingerprint density at radius 1 is 1.53 bits per heavy atom. The molecule has 3 rings (SSSR count). The van der Waals surface area contributed by atoms with Crippen molar-refractivity contribution in [2.45, 2.75) is 32.0 Å². The van der Waals surface area contributed by atoms with Crippen molar-refractivity contribution in [1.82, 2.24) is 35.8 Å². The van der Waals surface area contributed by atoms with Crippen molar-refractivity contribution < 1.29 is 4.79 Å². The predicted octanol–water partition coefficient (Wildman–Crippen LogP) is -0.580. The third-order valence-corrected chi connectivity index (χ3v) is 3.25. The number of carbonyl (C=O) groups excluding carboxylic acids is 1. The van der Waals surface area contributed by atoms with Gasteiger partial charge in [-0.1, -0.05) is 0 Å². The van der Waals surface area contributed by atoms with Gasteiger partial charge in [-0.25, -0.2) is 9.97 Å². The van der Waals surface area contributed by atoms with Gasteiger partial charge in [-0.15, -0.1) is 0 Å². The molecule has 0 fully saturated rings. The minimum Gasteiger partial charge on any atom is -0.347 e. The number of nitrogens with one attached hydrogen (secondary N) is 4. The highest BCUT2D eigenvalue weighted by Gasteiger charge is 2.27. The molecule has 2 aromatic rings. The summed E-state index contributed by atoms with van der Waals surface area (Å²) in [5.74, 6) is 0.585. The average molecular weight is 261 g/mol. The van der Waals surface area contributed by atoms with Crippen molar-refractivity contribution in [3.63, 3.8) is 0 Å². The van der Waals surface area contributed by atoms with E-state index in [1.54, 1.807) is 6.33 Å². The van der Waals surface area contributed by atoms with Gasteiger partial charge in [-0.2, -0.15) is 5.10 Å². The Balaban J connectivity index is 1.63. The van der Waals surface area contributed by atoms with Crippen LogP contribution in [0.15, 0.2) is 12.7 Å². The number of hydrogen-bond donors (Lipinski definition) is 4. The minimum atomic E-state index is -0.263. The summed E-state index contributed by atoms with van der Waals surface area (Å²) in [6, 6.07) is -0.460. The average Bonchev–Trinajstić information content (AvgIpc) is 3.09. The van der Waals surface area contributed by atoms with E-state index in [1.165, 1.54) is 6.33 Å². The normalized spacial score (nSPS) is 19.7. The molecule has 0 bridgehead atoms. The first-order chi connectivity index (χ1) is 9.24. The molecule has 2 unspecified atom stereocenters. The molecule has 0 aliphatic carbocycles. The van der Waals surface area contributed by atoms with Gasteiger partial charge >= 0.3 is 0 Å². The fourth-order valence-corrected chi connectivity index (χ4v) is 2.16. The van der Waals surface area contributed by atoms with Gasteiger partial charge in [0.15, 0.2) is 0 Å². The molecular formula is C11H15N7O. The van der Waals surface area contributed by atoms with Crippen LogP contribution in [0.1, 0.15) is 30.2 Å². The van der Waals surface area contributed by atoms with Gasteiger partial charge in [0, 0.05) is 13.0 Å². The van der Waals surface area contributed by atoms with Crippen molar-refractivity contribution >= 4 is 5.91 Å². The van der Waals surface area contributed by atoms with E-state index >= 15 is 0 Å². The molecule has 8 heteroatoms. The highest BCUT2D eigenvalue weighted by molar-refractivity contribution is 5.82. The van der Waals surface area contributed by atoms with Crippen molar-refractivity contribution in [3.8, 4) is 0 Å². The quantitative estimate of drug-likeness (QED) is 0.590. The Morgan fingerprint density at radius 2 is 2.42 bits per heavy atom. The van der Waals surface area contributed by atoms with E-state index in [-0.39, 0.29) is 18.0 Å². The SMILES string of the molecule is CC(NC(=O)C1Cc2nc[nH]c2CN1)c1ncn[nH]1. The van der Waals surface area contributed by atoms with E-state index < -0.39 is 0 Å². The lowest BCUT2D eigenvalue weighted by Crippen LogP contribution is -2.48. The van der Waals surface area contributed by atoms with E-state index in [2.05, 4.69) is 35.8 Å². The summed E-state index contributed by atoms with van der Waals surface area (Å²) in [6.45, 7) is 2.49. The van der Waals surface area contributed by atoms with Crippen LogP contribution in [0.25, 0.3) is 0 Å². The van der Waals surface area contributed by atoms with Crippen LogP contribution in [-0.4, -0.2) is 37.1 Å². The summed E-state index contributed by atoms with van der Waals surface area (Å²) in [5.41, 5.74) is 2.00. The molecule has 2 aromatic heterocycles. The summed E-state index contributed by atoms with van der Waals surface area (Å²) < 4.78 is 0. The predicted molar refractivity (Wildman–Crippen MR) is 65.9 cm³/mol. The molecule has 0 saturated carbocycles. The fraction of sp³-hybridized carbons (Fsp3) is 0.455. The molecule has 0 saturated heterocycles. The van der Waals surface area contributed by atoms with E-state index in [0.717, 1.165) is 11.4 Å². The van der Waals surface area contributed by atoms with Crippen molar-refractivity contribution in [2.24, 2.45) is 0 Å². The van der Waals surface area contributed by atoms with Crippen LogP contribution < -0.4 is 10.6 Å². The van der Waals surface area contributed by atoms with Crippen molar-refractivity contribution in [3.05, 3.63) is 29.9 Å². The summed E-state index contributed by atoms with van der Waals surface area (Å²) in [4.78, 5) is 23.5. The van der Waals surface area contributed by atoms with Crippen molar-refractivity contribution in [2.75, 3.05) is 0 Å². The fourth-order valence-electron chi connectivity index (χ4n) is 2.16. The van der Waals surface area contributed by atoms with Crippen molar-refractivity contribution in [1.29, 1.82) is 0 Å². The molecule has 1 aliphatic heterocycles. The summed E-state index contributed by atoms with van der Waals surface area (Å²) >= 11 is 0. The summed E-state index contributed by atoms with van der Waals surface area (Å²) in [5, 5.41) is 12.6. The van der Waals surface area contributed by atoms with Gasteiger partial charge in [0.05, 0.1) is 29.8 Å². The van der Waals surface area contributed by atoms with Gasteiger partial charge in [0.25, 0.3) is 0 Å². The van der Waals surface area contributed by atoms with Gasteiger partial charge in [0.2, 0.25) is 5.91 Å². The first kappa shape index (κ1) is 11.8. The Labute approximate surface area is 109 Å². The Hall–Kier alpha value is -2.22. The molecule has 1 aliphatic rings. The topological polar surface area (TPSA) is 111 Å². The first-order valence-corrected chi connectivity index (χ1v) is 6.14. The number of H-pyrrole nitrogens is 2. The highest BCUT2D eigenvalue weighted by Crippen LogP contribution is 2.13. The van der Waals surface area contributed by atoms with Crippen LogP contribution in [0.3, 0.4) is 0 Å². The molecule has 2 atom stereocenters. The van der Waals surface area contributed by atoms with Crippen LogP contribution in [0.2, 0.25) is 0 Å².